The van der Waals surface area contributed by atoms with Gasteiger partial charge in [-0.1, -0.05) is 6.92 Å². The predicted octanol–water partition coefficient (Wildman–Crippen LogP) is 2.66. The summed E-state index contributed by atoms with van der Waals surface area (Å²) >= 11 is 0. The van der Waals surface area contributed by atoms with Crippen molar-refractivity contribution in [2.75, 3.05) is 13.2 Å². The van der Waals surface area contributed by atoms with Gasteiger partial charge in [-0.25, -0.2) is 4.79 Å². The van der Waals surface area contributed by atoms with E-state index in [1.165, 1.54) is 0 Å². The van der Waals surface area contributed by atoms with Gasteiger partial charge >= 0.3 is 5.97 Å². The summed E-state index contributed by atoms with van der Waals surface area (Å²) in [6.45, 7) is 3.17. The number of carboxylic acid groups (broad SMARTS) is 1. The molecular weight excluding hydrogens is 260 g/mol. The quantitative estimate of drug-likeness (QED) is 0.584. The third-order valence-corrected chi connectivity index (χ3v) is 2.55. The van der Waals surface area contributed by atoms with Gasteiger partial charge in [-0.15, -0.1) is 0 Å². The van der Waals surface area contributed by atoms with Crippen molar-refractivity contribution in [3.8, 4) is 5.75 Å². The van der Waals surface area contributed by atoms with Gasteiger partial charge in [0.25, 0.3) is 0 Å². The van der Waals surface area contributed by atoms with E-state index in [0.717, 1.165) is 12.2 Å². The minimum Gasteiger partial charge on any atom is -0.480 e. The summed E-state index contributed by atoms with van der Waals surface area (Å²) in [7, 11) is 0. The van der Waals surface area contributed by atoms with Crippen molar-refractivity contribution < 1.29 is 24.2 Å². The molecular formula is C15H18O5. The van der Waals surface area contributed by atoms with Crippen molar-refractivity contribution in [3.05, 3.63) is 41.7 Å². The molecule has 0 bridgehead atoms. The fourth-order valence-electron chi connectivity index (χ4n) is 1.51. The Hall–Kier alpha value is -2.14. The van der Waals surface area contributed by atoms with Crippen LogP contribution in [0.5, 0.6) is 5.75 Å². The summed E-state index contributed by atoms with van der Waals surface area (Å²) < 4.78 is 10.4. The molecule has 0 saturated heterocycles. The Morgan fingerprint density at radius 2 is 1.85 bits per heavy atom. The maximum atomic E-state index is 11.7. The number of carboxylic acids is 1. The zero-order valence-corrected chi connectivity index (χ0v) is 11.6. The molecule has 1 aromatic rings. The van der Waals surface area contributed by atoms with Gasteiger partial charge in [0.1, 0.15) is 19.0 Å². The molecule has 5 heteroatoms. The van der Waals surface area contributed by atoms with Gasteiger partial charge in [0.15, 0.2) is 5.78 Å². The topological polar surface area (TPSA) is 72.8 Å². The molecule has 5 nitrogen and oxygen atoms in total. The van der Waals surface area contributed by atoms with E-state index >= 15 is 0 Å². The molecule has 0 spiro atoms. The van der Waals surface area contributed by atoms with Gasteiger partial charge in [0, 0.05) is 12.0 Å². The largest absolute Gasteiger partial charge is 0.480 e. The highest BCUT2D eigenvalue weighted by atomic mass is 16.5. The summed E-state index contributed by atoms with van der Waals surface area (Å²) in [5, 5.41) is 8.41. The molecule has 1 rings (SSSR count). The Morgan fingerprint density at radius 1 is 1.20 bits per heavy atom. The Balaban J connectivity index is 2.57. The van der Waals surface area contributed by atoms with E-state index in [2.05, 4.69) is 0 Å². The smallest absolute Gasteiger partial charge is 0.329 e. The average molecular weight is 278 g/mol. The molecule has 0 unspecified atom stereocenters. The summed E-state index contributed by atoms with van der Waals surface area (Å²) in [5.74, 6) is 0.149. The molecule has 0 aliphatic carbocycles. The molecule has 0 radical (unpaired) electrons. The Morgan fingerprint density at radius 3 is 2.35 bits per heavy atom. The van der Waals surface area contributed by atoms with Crippen molar-refractivity contribution in [2.45, 2.75) is 20.3 Å². The van der Waals surface area contributed by atoms with Crippen LogP contribution in [0.15, 0.2) is 36.1 Å². The Labute approximate surface area is 117 Å². The summed E-state index contributed by atoms with van der Waals surface area (Å²) in [5.41, 5.74) is 0.460. The number of carbonyl (C=O) groups excluding carboxylic acids is 1. The van der Waals surface area contributed by atoms with E-state index in [9.17, 15) is 9.59 Å². The van der Waals surface area contributed by atoms with Crippen LogP contribution in [0.3, 0.4) is 0 Å². The Bertz CT molecular complexity index is 487. The van der Waals surface area contributed by atoms with Crippen LogP contribution < -0.4 is 4.74 Å². The van der Waals surface area contributed by atoms with Crippen molar-refractivity contribution in [1.29, 1.82) is 0 Å². The van der Waals surface area contributed by atoms with E-state index in [-0.39, 0.29) is 12.4 Å². The van der Waals surface area contributed by atoms with Gasteiger partial charge in [0.05, 0.1) is 5.76 Å². The van der Waals surface area contributed by atoms with E-state index in [1.807, 2.05) is 19.9 Å². The van der Waals surface area contributed by atoms with Crippen molar-refractivity contribution >= 4 is 11.8 Å². The number of ketones is 1. The van der Waals surface area contributed by atoms with Crippen molar-refractivity contribution in [2.24, 2.45) is 0 Å². The zero-order chi connectivity index (χ0) is 15.0. The lowest BCUT2D eigenvalue weighted by Crippen LogP contribution is -2.14. The number of ether oxygens (including phenoxy) is 2. The van der Waals surface area contributed by atoms with Crippen LogP contribution in [0.1, 0.15) is 30.6 Å². The molecule has 0 aliphatic rings. The average Bonchev–Trinajstić information content (AvgIpc) is 2.44. The molecule has 1 N–H and O–H groups in total. The lowest BCUT2D eigenvalue weighted by molar-refractivity contribution is -0.141. The molecule has 0 amide bonds. The molecule has 0 fully saturated rings. The Kier molecular flexibility index (Phi) is 6.46. The first-order valence-electron chi connectivity index (χ1n) is 6.32. The van der Waals surface area contributed by atoms with Gasteiger partial charge in [0.2, 0.25) is 0 Å². The van der Waals surface area contributed by atoms with Crippen molar-refractivity contribution in [1.82, 2.24) is 0 Å². The molecule has 0 saturated carbocycles. The SMILES string of the molecule is CC=C(CC)Oc1ccc(C(=O)COCC(=O)O)cc1. The van der Waals surface area contributed by atoms with E-state index in [1.54, 1.807) is 24.3 Å². The van der Waals surface area contributed by atoms with Crippen LogP contribution in [-0.4, -0.2) is 30.1 Å². The molecule has 1 aromatic carbocycles. The lowest BCUT2D eigenvalue weighted by atomic mass is 10.1. The van der Waals surface area contributed by atoms with Crippen LogP contribution in [0, 0.1) is 0 Å². The van der Waals surface area contributed by atoms with Gasteiger partial charge in [-0.05, 0) is 37.3 Å². The maximum Gasteiger partial charge on any atom is 0.329 e. The monoisotopic (exact) mass is 278 g/mol. The summed E-state index contributed by atoms with van der Waals surface area (Å²) in [4.78, 5) is 22.0. The number of hydrogen-bond donors (Lipinski definition) is 1. The first kappa shape index (κ1) is 15.9. The van der Waals surface area contributed by atoms with Crippen LogP contribution in [-0.2, 0) is 9.53 Å². The van der Waals surface area contributed by atoms with E-state index in [4.69, 9.17) is 14.6 Å². The zero-order valence-electron chi connectivity index (χ0n) is 11.6. The molecule has 108 valence electrons. The molecule has 0 heterocycles. The highest BCUT2D eigenvalue weighted by Gasteiger charge is 2.08. The number of Topliss-reactive ketones (excluding diaryl/α,β-unsaturated/α-hetero) is 1. The van der Waals surface area contributed by atoms with Gasteiger partial charge in [-0.3, -0.25) is 4.79 Å². The first-order chi connectivity index (χ1) is 9.56. The normalized spacial score (nSPS) is 11.2. The second kappa shape index (κ2) is 8.12. The second-order valence-corrected chi connectivity index (χ2v) is 4.04. The molecule has 20 heavy (non-hydrogen) atoms. The highest BCUT2D eigenvalue weighted by Crippen LogP contribution is 2.17. The highest BCUT2D eigenvalue weighted by molar-refractivity contribution is 5.97. The third-order valence-electron chi connectivity index (χ3n) is 2.55. The maximum absolute atomic E-state index is 11.7. The number of aliphatic carboxylic acids is 1. The number of carbonyl (C=O) groups is 2. The third kappa shape index (κ3) is 5.24. The second-order valence-electron chi connectivity index (χ2n) is 4.04. The molecule has 0 aliphatic heterocycles. The summed E-state index contributed by atoms with van der Waals surface area (Å²) in [6, 6.07) is 6.66. The van der Waals surface area contributed by atoms with Gasteiger partial charge in [-0.2, -0.15) is 0 Å². The van der Waals surface area contributed by atoms with Crippen LogP contribution in [0.4, 0.5) is 0 Å². The number of hydrogen-bond acceptors (Lipinski definition) is 4. The predicted molar refractivity (Wildman–Crippen MR) is 73.9 cm³/mol. The molecule has 0 aromatic heterocycles. The van der Waals surface area contributed by atoms with Crippen LogP contribution in [0.25, 0.3) is 0 Å². The lowest BCUT2D eigenvalue weighted by Gasteiger charge is -2.08. The first-order valence-corrected chi connectivity index (χ1v) is 6.32. The minimum atomic E-state index is -1.10. The molecule has 0 atom stereocenters. The van der Waals surface area contributed by atoms with E-state index < -0.39 is 12.6 Å². The fourth-order valence-corrected chi connectivity index (χ4v) is 1.51. The number of benzene rings is 1. The number of rotatable bonds is 8. The standard InChI is InChI=1S/C15H18O5/c1-3-12(4-2)20-13-7-5-11(6-8-13)14(16)9-19-10-15(17)18/h3,5-8H,4,9-10H2,1-2H3,(H,17,18). The minimum absolute atomic E-state index is 0.248. The fraction of sp³-hybridized carbons (Fsp3) is 0.333. The van der Waals surface area contributed by atoms with Crippen LogP contribution >= 0.6 is 0 Å². The van der Waals surface area contributed by atoms with E-state index in [0.29, 0.717) is 11.3 Å². The van der Waals surface area contributed by atoms with Gasteiger partial charge < -0.3 is 14.6 Å². The number of allylic oxidation sites excluding steroid dienone is 2. The summed E-state index contributed by atoms with van der Waals surface area (Å²) in [6.07, 6.45) is 2.68. The van der Waals surface area contributed by atoms with Crippen LogP contribution in [0.2, 0.25) is 0 Å². The van der Waals surface area contributed by atoms with Crippen molar-refractivity contribution in [3.63, 3.8) is 0 Å².